The van der Waals surface area contributed by atoms with Gasteiger partial charge >= 0.3 is 0 Å². The molecule has 0 aromatic carbocycles. The normalized spacial score (nSPS) is 15.8. The van der Waals surface area contributed by atoms with Gasteiger partial charge in [-0.1, -0.05) is 43.9 Å². The second-order valence-electron chi connectivity index (χ2n) is 7.72. The number of pyridine rings is 1. The predicted octanol–water partition coefficient (Wildman–Crippen LogP) is 4.24. The van der Waals surface area contributed by atoms with E-state index in [4.69, 9.17) is 17.2 Å². The van der Waals surface area contributed by atoms with Crippen LogP contribution >= 0.6 is 24.0 Å². The highest BCUT2D eigenvalue weighted by molar-refractivity contribution is 8.26. The molecule has 2 aromatic heterocycles. The quantitative estimate of drug-likeness (QED) is 0.470. The summed E-state index contributed by atoms with van der Waals surface area (Å²) in [6.45, 7) is 11.6. The summed E-state index contributed by atoms with van der Waals surface area (Å²) in [5.41, 5.74) is 1.83. The van der Waals surface area contributed by atoms with Gasteiger partial charge < -0.3 is 4.90 Å². The van der Waals surface area contributed by atoms with Crippen molar-refractivity contribution in [3.8, 4) is 0 Å². The van der Waals surface area contributed by atoms with Crippen LogP contribution in [0.4, 0.5) is 5.82 Å². The van der Waals surface area contributed by atoms with Gasteiger partial charge in [-0.15, -0.1) is 0 Å². The van der Waals surface area contributed by atoms with Crippen molar-refractivity contribution in [1.29, 1.82) is 0 Å². The summed E-state index contributed by atoms with van der Waals surface area (Å²) in [7, 11) is 0. The van der Waals surface area contributed by atoms with E-state index in [1.807, 2.05) is 32.9 Å². The minimum Gasteiger partial charge on any atom is -0.356 e. The van der Waals surface area contributed by atoms with Crippen LogP contribution in [0.2, 0.25) is 0 Å². The van der Waals surface area contributed by atoms with E-state index in [1.165, 1.54) is 11.8 Å². The van der Waals surface area contributed by atoms with Gasteiger partial charge in [-0.2, -0.15) is 0 Å². The third-order valence-electron chi connectivity index (χ3n) is 4.89. The Morgan fingerprint density at radius 1 is 1.20 bits per heavy atom. The summed E-state index contributed by atoms with van der Waals surface area (Å²) in [5, 5.41) is 0. The molecule has 0 radical (unpaired) electrons. The van der Waals surface area contributed by atoms with Crippen LogP contribution in [0, 0.1) is 6.92 Å². The molecule has 1 saturated heterocycles. The zero-order valence-corrected chi connectivity index (χ0v) is 19.8. The van der Waals surface area contributed by atoms with Crippen molar-refractivity contribution in [3.63, 3.8) is 0 Å². The van der Waals surface area contributed by atoms with Gasteiger partial charge in [-0.05, 0) is 51.3 Å². The number of carbonyl (C=O) groups is 1. The Labute approximate surface area is 187 Å². The zero-order valence-electron chi connectivity index (χ0n) is 18.1. The first-order valence-electron chi connectivity index (χ1n) is 10.3. The fourth-order valence-corrected chi connectivity index (χ4v) is 5.04. The fourth-order valence-electron chi connectivity index (χ4n) is 3.53. The van der Waals surface area contributed by atoms with Crippen molar-refractivity contribution >= 4 is 51.7 Å². The highest BCUT2D eigenvalue weighted by atomic mass is 32.2. The van der Waals surface area contributed by atoms with E-state index in [-0.39, 0.29) is 17.5 Å². The summed E-state index contributed by atoms with van der Waals surface area (Å²) < 4.78 is 2.08. The first-order valence-corrected chi connectivity index (χ1v) is 11.6. The molecule has 30 heavy (non-hydrogen) atoms. The Bertz CT molecular complexity index is 1070. The van der Waals surface area contributed by atoms with Crippen molar-refractivity contribution < 1.29 is 4.79 Å². The number of anilines is 1. The number of rotatable bonds is 7. The SMILES string of the molecule is CCCN(CCC)c1nc2ccc(C)cn2c(=O)c1C=C1SC(=S)N(C(C)C)C1=O. The van der Waals surface area contributed by atoms with E-state index in [1.54, 1.807) is 21.6 Å². The average Bonchev–Trinajstić information content (AvgIpc) is 2.97. The molecule has 6 nitrogen and oxygen atoms in total. The van der Waals surface area contributed by atoms with Gasteiger partial charge in [-0.25, -0.2) is 4.98 Å². The Kier molecular flexibility index (Phi) is 6.98. The molecule has 1 fully saturated rings. The monoisotopic (exact) mass is 444 g/mol. The maximum Gasteiger partial charge on any atom is 0.267 e. The van der Waals surface area contributed by atoms with Gasteiger partial charge in [0.1, 0.15) is 15.8 Å². The summed E-state index contributed by atoms with van der Waals surface area (Å²) in [6.07, 6.45) is 5.34. The van der Waals surface area contributed by atoms with E-state index in [2.05, 4.69) is 18.7 Å². The van der Waals surface area contributed by atoms with Gasteiger partial charge in [0.25, 0.3) is 11.5 Å². The summed E-state index contributed by atoms with van der Waals surface area (Å²) >= 11 is 6.64. The maximum atomic E-state index is 13.5. The molecule has 160 valence electrons. The number of aryl methyl sites for hydroxylation is 1. The van der Waals surface area contributed by atoms with Crippen molar-refractivity contribution in [1.82, 2.24) is 14.3 Å². The van der Waals surface area contributed by atoms with Gasteiger partial charge in [-0.3, -0.25) is 18.9 Å². The van der Waals surface area contributed by atoms with Crippen LogP contribution in [0.3, 0.4) is 0 Å². The number of nitrogens with zero attached hydrogens (tertiary/aromatic N) is 4. The predicted molar refractivity (Wildman–Crippen MR) is 129 cm³/mol. The second-order valence-corrected chi connectivity index (χ2v) is 9.40. The van der Waals surface area contributed by atoms with E-state index >= 15 is 0 Å². The van der Waals surface area contributed by atoms with Crippen LogP contribution in [-0.4, -0.2) is 43.6 Å². The van der Waals surface area contributed by atoms with Crippen molar-refractivity contribution in [3.05, 3.63) is 44.7 Å². The Morgan fingerprint density at radius 2 is 1.87 bits per heavy atom. The molecule has 8 heteroatoms. The third kappa shape index (κ3) is 4.30. The maximum absolute atomic E-state index is 13.5. The van der Waals surface area contributed by atoms with Crippen LogP contribution in [-0.2, 0) is 4.79 Å². The average molecular weight is 445 g/mol. The molecule has 0 spiro atoms. The smallest absolute Gasteiger partial charge is 0.267 e. The lowest BCUT2D eigenvalue weighted by Crippen LogP contribution is -2.34. The van der Waals surface area contributed by atoms with Gasteiger partial charge in [0.05, 0.1) is 10.5 Å². The standard InChI is InChI=1S/C22H28N4O2S2/c1-6-10-24(11-7-2)19-16(12-17-21(28)26(14(3)4)22(29)30-17)20(27)25-13-15(5)8-9-18(25)23-19/h8-9,12-14H,6-7,10-11H2,1-5H3. The lowest BCUT2D eigenvalue weighted by atomic mass is 10.2. The zero-order chi connectivity index (χ0) is 22.0. The first kappa shape index (κ1) is 22.5. The lowest BCUT2D eigenvalue weighted by molar-refractivity contribution is -0.123. The topological polar surface area (TPSA) is 57.9 Å². The molecular weight excluding hydrogens is 416 g/mol. The fraction of sp³-hybridized carbons (Fsp3) is 0.455. The van der Waals surface area contributed by atoms with Crippen LogP contribution < -0.4 is 10.5 Å². The number of thioether (sulfide) groups is 1. The van der Waals surface area contributed by atoms with Crippen molar-refractivity contribution in [2.24, 2.45) is 0 Å². The van der Waals surface area contributed by atoms with Gasteiger partial charge in [0.15, 0.2) is 0 Å². The van der Waals surface area contributed by atoms with Crippen molar-refractivity contribution in [2.75, 3.05) is 18.0 Å². The molecule has 0 aliphatic carbocycles. The van der Waals surface area contributed by atoms with Gasteiger partial charge in [0, 0.05) is 25.3 Å². The molecular formula is C22H28N4O2S2. The number of hydrogen-bond donors (Lipinski definition) is 0. The van der Waals surface area contributed by atoms with Crippen LogP contribution in [0.1, 0.15) is 51.7 Å². The minimum atomic E-state index is -0.175. The molecule has 3 heterocycles. The molecule has 0 atom stereocenters. The molecule has 0 saturated carbocycles. The molecule has 2 aromatic rings. The Balaban J connectivity index is 2.24. The van der Waals surface area contributed by atoms with E-state index in [9.17, 15) is 9.59 Å². The molecule has 1 aliphatic heterocycles. The molecule has 0 N–H and O–H groups in total. The van der Waals surface area contributed by atoms with Crippen LogP contribution in [0.5, 0.6) is 0 Å². The summed E-state index contributed by atoms with van der Waals surface area (Å²) in [4.78, 5) is 35.4. The number of fused-ring (bicyclic) bond motifs is 1. The molecule has 0 bridgehead atoms. The van der Waals surface area contributed by atoms with Crippen LogP contribution in [0.25, 0.3) is 11.7 Å². The number of amides is 1. The van der Waals surface area contributed by atoms with E-state index in [0.717, 1.165) is 31.5 Å². The first-order chi connectivity index (χ1) is 14.3. The van der Waals surface area contributed by atoms with Gasteiger partial charge in [0.2, 0.25) is 0 Å². The highest BCUT2D eigenvalue weighted by Gasteiger charge is 2.34. The second kappa shape index (κ2) is 9.31. The molecule has 3 rings (SSSR count). The lowest BCUT2D eigenvalue weighted by Gasteiger charge is -2.24. The number of hydrogen-bond acceptors (Lipinski definition) is 6. The minimum absolute atomic E-state index is 0.0296. The van der Waals surface area contributed by atoms with E-state index in [0.29, 0.717) is 26.3 Å². The van der Waals surface area contributed by atoms with E-state index < -0.39 is 0 Å². The Morgan fingerprint density at radius 3 is 2.43 bits per heavy atom. The largest absolute Gasteiger partial charge is 0.356 e. The van der Waals surface area contributed by atoms with Crippen molar-refractivity contribution in [2.45, 2.75) is 53.5 Å². The summed E-state index contributed by atoms with van der Waals surface area (Å²) in [6, 6.07) is 3.78. The van der Waals surface area contributed by atoms with Crippen LogP contribution in [0.15, 0.2) is 28.0 Å². The summed E-state index contributed by atoms with van der Waals surface area (Å²) in [5.74, 6) is 0.472. The molecule has 1 aliphatic rings. The molecule has 0 unspecified atom stereocenters. The number of aromatic nitrogens is 2. The number of thiocarbonyl (C=S) groups is 1. The number of carbonyl (C=O) groups excluding carboxylic acids is 1. The highest BCUT2D eigenvalue weighted by Crippen LogP contribution is 2.34. The third-order valence-corrected chi connectivity index (χ3v) is 6.22. The Hall–Kier alpha value is -2.19. The molecule has 1 amide bonds.